The molecule has 2 fully saturated rings. The molecule has 6 nitrogen and oxygen atoms in total. The molecule has 0 spiro atoms. The normalized spacial score (nSPS) is 26.9. The van der Waals surface area contributed by atoms with Gasteiger partial charge in [0, 0.05) is 25.0 Å². The van der Waals surface area contributed by atoms with E-state index in [4.69, 9.17) is 9.47 Å². The molecule has 0 radical (unpaired) electrons. The van der Waals surface area contributed by atoms with E-state index in [1.165, 1.54) is 19.2 Å². The van der Waals surface area contributed by atoms with E-state index >= 15 is 0 Å². The van der Waals surface area contributed by atoms with Crippen LogP contribution in [0.4, 0.5) is 4.39 Å². The monoisotopic (exact) mass is 391 g/mol. The van der Waals surface area contributed by atoms with E-state index in [1.54, 1.807) is 12.1 Å². The van der Waals surface area contributed by atoms with E-state index in [0.717, 1.165) is 12.0 Å². The van der Waals surface area contributed by atoms with Gasteiger partial charge in [0.05, 0.1) is 20.1 Å². The molecule has 2 saturated heterocycles. The molecule has 28 heavy (non-hydrogen) atoms. The molecule has 3 rings (SSSR count). The third-order valence-electron chi connectivity index (χ3n) is 5.85. The van der Waals surface area contributed by atoms with Gasteiger partial charge in [-0.25, -0.2) is 4.39 Å². The van der Waals surface area contributed by atoms with Crippen LogP contribution in [-0.4, -0.2) is 48.4 Å². The number of Topliss-reactive ketones (excluding diaryl/α,β-unsaturated/α-hetero) is 1. The highest BCUT2D eigenvalue weighted by atomic mass is 19.1. The third-order valence-corrected chi connectivity index (χ3v) is 5.85. The van der Waals surface area contributed by atoms with Gasteiger partial charge in [-0.05, 0) is 37.0 Å². The second-order valence-corrected chi connectivity index (χ2v) is 7.53. The first-order valence-electron chi connectivity index (χ1n) is 9.70. The van der Waals surface area contributed by atoms with E-state index in [0.29, 0.717) is 19.4 Å². The van der Waals surface area contributed by atoms with Gasteiger partial charge in [-0.1, -0.05) is 19.1 Å². The van der Waals surface area contributed by atoms with Gasteiger partial charge in [-0.3, -0.25) is 19.3 Å². The lowest BCUT2D eigenvalue weighted by atomic mass is 9.70. The van der Waals surface area contributed by atoms with Crippen LogP contribution >= 0.6 is 0 Å². The van der Waals surface area contributed by atoms with E-state index < -0.39 is 23.4 Å². The topological polar surface area (TPSA) is 72.9 Å². The number of ketones is 1. The SMILES string of the molecule is CCCOC(=O)CC1(C(=O)OC)C(=O)CC2CCC1N2Cc1ccc(F)cc1. The molecule has 2 bridgehead atoms. The fraction of sp³-hybridized carbons (Fsp3) is 0.571. The number of rotatable bonds is 7. The fourth-order valence-corrected chi connectivity index (χ4v) is 4.52. The lowest BCUT2D eigenvalue weighted by Gasteiger charge is -2.45. The van der Waals surface area contributed by atoms with Crippen molar-refractivity contribution in [3.63, 3.8) is 0 Å². The number of nitrogens with zero attached hydrogens (tertiary/aromatic N) is 1. The Labute approximate surface area is 164 Å². The summed E-state index contributed by atoms with van der Waals surface area (Å²) in [6.45, 7) is 2.60. The molecule has 2 aliphatic heterocycles. The maximum atomic E-state index is 13.2. The lowest BCUT2D eigenvalue weighted by molar-refractivity contribution is -0.173. The van der Waals surface area contributed by atoms with E-state index in [-0.39, 0.29) is 37.1 Å². The first-order valence-corrected chi connectivity index (χ1v) is 9.70. The molecule has 0 saturated carbocycles. The highest BCUT2D eigenvalue weighted by Crippen LogP contribution is 2.48. The molecule has 3 unspecified atom stereocenters. The predicted molar refractivity (Wildman–Crippen MR) is 98.7 cm³/mol. The standard InChI is InChI=1S/C21H26FNO5/c1-3-10-28-19(25)12-21(20(26)27-2)17-9-8-16(11-18(21)24)23(17)13-14-4-6-15(22)7-5-14/h4-7,16-17H,3,8-13H2,1-2H3. The molecule has 0 aliphatic carbocycles. The molecule has 2 heterocycles. The molecular weight excluding hydrogens is 365 g/mol. The maximum Gasteiger partial charge on any atom is 0.321 e. The molecule has 152 valence electrons. The van der Waals surface area contributed by atoms with Crippen LogP contribution in [0.25, 0.3) is 0 Å². The van der Waals surface area contributed by atoms with Crippen molar-refractivity contribution in [2.24, 2.45) is 5.41 Å². The number of hydrogen-bond donors (Lipinski definition) is 0. The Morgan fingerprint density at radius 3 is 2.61 bits per heavy atom. The molecule has 7 heteroatoms. The average molecular weight is 391 g/mol. The van der Waals surface area contributed by atoms with Gasteiger partial charge >= 0.3 is 11.9 Å². The second kappa shape index (κ2) is 8.39. The van der Waals surface area contributed by atoms with Crippen LogP contribution in [0.2, 0.25) is 0 Å². The highest BCUT2D eigenvalue weighted by Gasteiger charge is 2.62. The van der Waals surface area contributed by atoms with Crippen molar-refractivity contribution in [3.8, 4) is 0 Å². The highest BCUT2D eigenvalue weighted by molar-refractivity contribution is 6.08. The predicted octanol–water partition coefficient (Wildman–Crippen LogP) is 2.63. The minimum atomic E-state index is -1.55. The molecule has 1 aromatic rings. The molecule has 0 amide bonds. The Morgan fingerprint density at radius 2 is 1.96 bits per heavy atom. The number of methoxy groups -OCH3 is 1. The quantitative estimate of drug-likeness (QED) is 0.526. The van der Waals surface area contributed by atoms with Crippen LogP contribution in [0, 0.1) is 11.2 Å². The summed E-state index contributed by atoms with van der Waals surface area (Å²) in [7, 11) is 1.24. The Kier molecular flexibility index (Phi) is 6.13. The number of halogens is 1. The Bertz CT molecular complexity index is 750. The molecule has 2 aliphatic rings. The van der Waals surface area contributed by atoms with Gasteiger partial charge in [-0.2, -0.15) is 0 Å². The van der Waals surface area contributed by atoms with Crippen molar-refractivity contribution in [1.29, 1.82) is 0 Å². The minimum Gasteiger partial charge on any atom is -0.468 e. The Hall–Kier alpha value is -2.28. The molecule has 0 aromatic heterocycles. The van der Waals surface area contributed by atoms with Crippen molar-refractivity contribution in [2.75, 3.05) is 13.7 Å². The summed E-state index contributed by atoms with van der Waals surface area (Å²) in [5.41, 5.74) is -0.660. The molecular formula is C21H26FNO5. The summed E-state index contributed by atoms with van der Waals surface area (Å²) < 4.78 is 23.4. The van der Waals surface area contributed by atoms with Gasteiger partial charge < -0.3 is 9.47 Å². The zero-order valence-corrected chi connectivity index (χ0v) is 16.3. The number of ether oxygens (including phenoxy) is 2. The molecule has 0 N–H and O–H groups in total. The van der Waals surface area contributed by atoms with Gasteiger partial charge in [0.1, 0.15) is 5.82 Å². The summed E-state index contributed by atoms with van der Waals surface area (Å²) in [6, 6.07) is 5.74. The van der Waals surface area contributed by atoms with Gasteiger partial charge in [0.25, 0.3) is 0 Å². The van der Waals surface area contributed by atoms with Crippen LogP contribution < -0.4 is 0 Å². The van der Waals surface area contributed by atoms with Gasteiger partial charge in [0.15, 0.2) is 11.2 Å². The van der Waals surface area contributed by atoms with E-state index in [1.807, 2.05) is 6.92 Å². The number of fused-ring (bicyclic) bond motifs is 2. The zero-order chi connectivity index (χ0) is 20.3. The number of carbonyl (C=O) groups is 3. The number of hydrogen-bond acceptors (Lipinski definition) is 6. The van der Waals surface area contributed by atoms with Crippen LogP contribution in [0.3, 0.4) is 0 Å². The summed E-state index contributed by atoms with van der Waals surface area (Å²) in [5.74, 6) is -1.81. The van der Waals surface area contributed by atoms with Crippen LogP contribution in [-0.2, 0) is 30.4 Å². The second-order valence-electron chi connectivity index (χ2n) is 7.53. The van der Waals surface area contributed by atoms with Crippen LogP contribution in [0.5, 0.6) is 0 Å². The largest absolute Gasteiger partial charge is 0.468 e. The maximum absolute atomic E-state index is 13.2. The van der Waals surface area contributed by atoms with Crippen molar-refractivity contribution >= 4 is 17.7 Å². The first-order chi connectivity index (χ1) is 13.4. The van der Waals surface area contributed by atoms with Gasteiger partial charge in [0.2, 0.25) is 0 Å². The van der Waals surface area contributed by atoms with Crippen molar-refractivity contribution in [3.05, 3.63) is 35.6 Å². The lowest BCUT2D eigenvalue weighted by Crippen LogP contribution is -2.61. The van der Waals surface area contributed by atoms with E-state index in [9.17, 15) is 18.8 Å². The number of benzene rings is 1. The van der Waals surface area contributed by atoms with Crippen molar-refractivity contribution in [1.82, 2.24) is 4.90 Å². The van der Waals surface area contributed by atoms with Crippen LogP contribution in [0.15, 0.2) is 24.3 Å². The summed E-state index contributed by atoms with van der Waals surface area (Å²) in [5, 5.41) is 0. The molecule has 1 aromatic carbocycles. The Morgan fingerprint density at radius 1 is 1.25 bits per heavy atom. The summed E-state index contributed by atoms with van der Waals surface area (Å²) in [4.78, 5) is 40.3. The minimum absolute atomic E-state index is 0.00648. The number of piperidine rings is 1. The summed E-state index contributed by atoms with van der Waals surface area (Å²) >= 11 is 0. The van der Waals surface area contributed by atoms with Crippen molar-refractivity contribution in [2.45, 2.75) is 57.7 Å². The zero-order valence-electron chi connectivity index (χ0n) is 16.3. The molecule has 3 atom stereocenters. The smallest absolute Gasteiger partial charge is 0.321 e. The Balaban J connectivity index is 1.91. The average Bonchev–Trinajstić information content (AvgIpc) is 3.00. The first kappa shape index (κ1) is 20.5. The fourth-order valence-electron chi connectivity index (χ4n) is 4.52. The number of esters is 2. The van der Waals surface area contributed by atoms with Gasteiger partial charge in [-0.15, -0.1) is 0 Å². The third kappa shape index (κ3) is 3.68. The summed E-state index contributed by atoms with van der Waals surface area (Å²) in [6.07, 6.45) is 1.92. The van der Waals surface area contributed by atoms with Crippen LogP contribution in [0.1, 0.15) is 44.6 Å². The van der Waals surface area contributed by atoms with E-state index in [2.05, 4.69) is 4.90 Å². The van der Waals surface area contributed by atoms with Crippen molar-refractivity contribution < 1.29 is 28.2 Å². The number of carbonyl (C=O) groups excluding carboxylic acids is 3.